The van der Waals surface area contributed by atoms with Gasteiger partial charge in [0.05, 0.1) is 11.4 Å². The minimum atomic E-state index is -2.98. The molecule has 0 amide bonds. The molecule has 0 aliphatic heterocycles. The van der Waals surface area contributed by atoms with Crippen LogP contribution in [0.3, 0.4) is 0 Å². The fourth-order valence-electron chi connectivity index (χ4n) is 2.29. The number of nitriles is 1. The molecule has 0 atom stereocenters. The molecule has 1 aromatic rings. The monoisotopic (exact) mass is 338 g/mol. The lowest BCUT2D eigenvalue weighted by atomic mass is 9.90. The van der Waals surface area contributed by atoms with Crippen molar-refractivity contribution in [3.8, 4) is 6.07 Å². The number of sulfone groups is 1. The van der Waals surface area contributed by atoms with E-state index in [0.717, 1.165) is 24.1 Å². The Bertz CT molecular complexity index is 691. The van der Waals surface area contributed by atoms with Crippen molar-refractivity contribution in [3.63, 3.8) is 0 Å². The molecule has 0 saturated carbocycles. The molecular formula is C16H26N4O2S. The molecule has 7 heteroatoms. The van der Waals surface area contributed by atoms with Crippen LogP contribution in [0.5, 0.6) is 0 Å². The van der Waals surface area contributed by atoms with Gasteiger partial charge in [-0.25, -0.2) is 8.42 Å². The molecule has 1 aromatic heterocycles. The molecule has 0 bridgehead atoms. The van der Waals surface area contributed by atoms with Crippen LogP contribution in [-0.2, 0) is 22.7 Å². The van der Waals surface area contributed by atoms with Crippen molar-refractivity contribution >= 4 is 15.7 Å². The van der Waals surface area contributed by atoms with E-state index in [4.69, 9.17) is 0 Å². The SMILES string of the molecule is CCc1nnc(NCC(C)(C)CCS(C)(=O)=O)c(C#N)c1CC. The van der Waals surface area contributed by atoms with Crippen molar-refractivity contribution < 1.29 is 8.42 Å². The van der Waals surface area contributed by atoms with Gasteiger partial charge in [0.2, 0.25) is 0 Å². The smallest absolute Gasteiger partial charge is 0.166 e. The van der Waals surface area contributed by atoms with E-state index in [0.29, 0.717) is 24.3 Å². The lowest BCUT2D eigenvalue weighted by molar-refractivity contribution is 0.376. The van der Waals surface area contributed by atoms with Crippen molar-refractivity contribution in [3.05, 3.63) is 16.8 Å². The normalized spacial score (nSPS) is 12.0. The summed E-state index contributed by atoms with van der Waals surface area (Å²) in [7, 11) is -2.98. The molecule has 0 aliphatic carbocycles. The van der Waals surface area contributed by atoms with Crippen LogP contribution in [0.2, 0.25) is 0 Å². The number of aryl methyl sites for hydroxylation is 1. The zero-order chi connectivity index (χ0) is 17.7. The summed E-state index contributed by atoms with van der Waals surface area (Å²) in [6.07, 6.45) is 3.26. The number of rotatable bonds is 8. The summed E-state index contributed by atoms with van der Waals surface area (Å²) in [6, 6.07) is 2.22. The van der Waals surface area contributed by atoms with Crippen LogP contribution in [-0.4, -0.2) is 37.2 Å². The molecular weight excluding hydrogens is 312 g/mol. The standard InChI is InChI=1S/C16H26N4O2S/c1-6-12-13(10-17)15(20-19-14(12)7-2)18-11-16(3,4)8-9-23(5,21)22/h6-9,11H2,1-5H3,(H,18,20). The Morgan fingerprint density at radius 3 is 2.35 bits per heavy atom. The second-order valence-corrected chi connectivity index (χ2v) is 8.83. The summed E-state index contributed by atoms with van der Waals surface area (Å²) in [5, 5.41) is 21.0. The van der Waals surface area contributed by atoms with Crippen molar-refractivity contribution in [1.82, 2.24) is 10.2 Å². The van der Waals surface area contributed by atoms with E-state index in [2.05, 4.69) is 21.6 Å². The highest BCUT2D eigenvalue weighted by Crippen LogP contribution is 2.24. The van der Waals surface area contributed by atoms with Crippen molar-refractivity contribution in [1.29, 1.82) is 5.26 Å². The molecule has 128 valence electrons. The molecule has 23 heavy (non-hydrogen) atoms. The summed E-state index contributed by atoms with van der Waals surface area (Å²) in [4.78, 5) is 0. The van der Waals surface area contributed by atoms with Crippen molar-refractivity contribution in [2.75, 3.05) is 23.9 Å². The Hall–Kier alpha value is -1.68. The van der Waals surface area contributed by atoms with E-state index < -0.39 is 9.84 Å². The fraction of sp³-hybridized carbons (Fsp3) is 0.688. The van der Waals surface area contributed by atoms with Crippen LogP contribution in [0, 0.1) is 16.7 Å². The zero-order valence-corrected chi connectivity index (χ0v) is 15.4. The lowest BCUT2D eigenvalue weighted by Gasteiger charge is -2.25. The van der Waals surface area contributed by atoms with E-state index in [1.54, 1.807) is 0 Å². The number of hydrogen-bond donors (Lipinski definition) is 1. The lowest BCUT2D eigenvalue weighted by Crippen LogP contribution is -2.27. The van der Waals surface area contributed by atoms with Crippen molar-refractivity contribution in [2.24, 2.45) is 5.41 Å². The van der Waals surface area contributed by atoms with Gasteiger partial charge >= 0.3 is 0 Å². The fourth-order valence-corrected chi connectivity index (χ4v) is 3.21. The third-order valence-electron chi connectivity index (χ3n) is 3.84. The van der Waals surface area contributed by atoms with Gasteiger partial charge in [0.1, 0.15) is 21.5 Å². The highest BCUT2D eigenvalue weighted by Gasteiger charge is 2.22. The number of anilines is 1. The van der Waals surface area contributed by atoms with Gasteiger partial charge in [0, 0.05) is 12.8 Å². The van der Waals surface area contributed by atoms with E-state index >= 15 is 0 Å². The number of hydrogen-bond acceptors (Lipinski definition) is 6. The second-order valence-electron chi connectivity index (χ2n) is 6.57. The Kier molecular flexibility index (Phi) is 6.51. The molecule has 0 unspecified atom stereocenters. The molecule has 0 saturated heterocycles. The maximum atomic E-state index is 11.3. The third-order valence-corrected chi connectivity index (χ3v) is 4.79. The van der Waals surface area contributed by atoms with Gasteiger partial charge in [-0.05, 0) is 30.2 Å². The van der Waals surface area contributed by atoms with E-state index in [1.165, 1.54) is 6.26 Å². The van der Waals surface area contributed by atoms with E-state index in [-0.39, 0.29) is 11.2 Å². The Balaban J connectivity index is 2.91. The first-order chi connectivity index (χ1) is 10.6. The highest BCUT2D eigenvalue weighted by molar-refractivity contribution is 7.90. The van der Waals surface area contributed by atoms with Crippen LogP contribution in [0.25, 0.3) is 0 Å². The molecule has 0 spiro atoms. The quantitative estimate of drug-likeness (QED) is 0.781. The summed E-state index contributed by atoms with van der Waals surface area (Å²) >= 11 is 0. The van der Waals surface area contributed by atoms with E-state index in [9.17, 15) is 13.7 Å². The summed E-state index contributed by atoms with van der Waals surface area (Å²) in [5.41, 5.74) is 2.10. The zero-order valence-electron chi connectivity index (χ0n) is 14.6. The van der Waals surface area contributed by atoms with Gasteiger partial charge in [-0.2, -0.15) is 10.4 Å². The Morgan fingerprint density at radius 2 is 1.87 bits per heavy atom. The third kappa shape index (κ3) is 5.79. The van der Waals surface area contributed by atoms with Crippen LogP contribution in [0.4, 0.5) is 5.82 Å². The maximum Gasteiger partial charge on any atom is 0.166 e. The first-order valence-electron chi connectivity index (χ1n) is 7.83. The van der Waals surface area contributed by atoms with Crippen LogP contribution in [0.1, 0.15) is 50.9 Å². The highest BCUT2D eigenvalue weighted by atomic mass is 32.2. The van der Waals surface area contributed by atoms with Crippen LogP contribution in [0.15, 0.2) is 0 Å². The number of aromatic nitrogens is 2. The topological polar surface area (TPSA) is 95.7 Å². The summed E-state index contributed by atoms with van der Waals surface area (Å²) in [6.45, 7) is 8.50. The maximum absolute atomic E-state index is 11.3. The predicted octanol–water partition coefficient (Wildman–Crippen LogP) is 2.35. The molecule has 1 heterocycles. The minimum absolute atomic E-state index is 0.146. The number of nitrogens with one attached hydrogen (secondary N) is 1. The predicted molar refractivity (Wildman–Crippen MR) is 92.1 cm³/mol. The van der Waals surface area contributed by atoms with Crippen molar-refractivity contribution in [2.45, 2.75) is 47.0 Å². The van der Waals surface area contributed by atoms with Crippen LogP contribution < -0.4 is 5.32 Å². The minimum Gasteiger partial charge on any atom is -0.367 e. The molecule has 0 aromatic carbocycles. The van der Waals surface area contributed by atoms with Gasteiger partial charge in [-0.3, -0.25) is 0 Å². The first-order valence-corrected chi connectivity index (χ1v) is 9.89. The van der Waals surface area contributed by atoms with Gasteiger partial charge in [0.25, 0.3) is 0 Å². The molecule has 1 N–H and O–H groups in total. The molecule has 6 nitrogen and oxygen atoms in total. The van der Waals surface area contributed by atoms with Crippen LogP contribution >= 0.6 is 0 Å². The Labute approximate surface area is 139 Å². The largest absolute Gasteiger partial charge is 0.367 e. The van der Waals surface area contributed by atoms with Gasteiger partial charge < -0.3 is 5.32 Å². The Morgan fingerprint density at radius 1 is 1.22 bits per heavy atom. The van der Waals surface area contributed by atoms with Gasteiger partial charge in [-0.1, -0.05) is 27.7 Å². The average molecular weight is 338 g/mol. The second kappa shape index (κ2) is 7.73. The molecule has 1 rings (SSSR count). The summed E-state index contributed by atoms with van der Waals surface area (Å²) < 4.78 is 22.6. The molecule has 0 aliphatic rings. The van der Waals surface area contributed by atoms with Gasteiger partial charge in [0.15, 0.2) is 5.82 Å². The number of nitrogens with zero attached hydrogens (tertiary/aromatic N) is 3. The van der Waals surface area contributed by atoms with Gasteiger partial charge in [-0.15, -0.1) is 5.10 Å². The average Bonchev–Trinajstić information content (AvgIpc) is 2.49. The molecule has 0 fully saturated rings. The van der Waals surface area contributed by atoms with E-state index in [1.807, 2.05) is 27.7 Å². The summed E-state index contributed by atoms with van der Waals surface area (Å²) in [5.74, 6) is 0.627. The first kappa shape index (κ1) is 19.4. The molecule has 0 radical (unpaired) electrons.